The number of halogens is 1. The highest BCUT2D eigenvalue weighted by Gasteiger charge is 2.23. The lowest BCUT2D eigenvalue weighted by Gasteiger charge is -2.06. The van der Waals surface area contributed by atoms with Crippen molar-refractivity contribution in [1.29, 1.82) is 5.26 Å². The fraction of sp³-hybridized carbons (Fsp3) is 0.111. The topological polar surface area (TPSA) is 53.6 Å². The molecule has 0 unspecified atom stereocenters. The third-order valence-corrected chi connectivity index (χ3v) is 4.01. The summed E-state index contributed by atoms with van der Waals surface area (Å²) in [6.45, 7) is 0.859. The number of fused-ring (bicyclic) bond motifs is 1. The number of aromatic nitrogens is 2. The van der Waals surface area contributed by atoms with Gasteiger partial charge in [-0.1, -0.05) is 0 Å². The van der Waals surface area contributed by atoms with Gasteiger partial charge in [0.1, 0.15) is 11.6 Å². The second-order valence-electron chi connectivity index (χ2n) is 5.43. The zero-order valence-corrected chi connectivity index (χ0v) is 12.3. The van der Waals surface area contributed by atoms with E-state index in [0.717, 1.165) is 41.3 Å². The Balaban J connectivity index is 1.84. The lowest BCUT2D eigenvalue weighted by Crippen LogP contribution is -2.04. The Morgan fingerprint density at radius 3 is 2.52 bits per heavy atom. The molecule has 1 aromatic heterocycles. The van der Waals surface area contributed by atoms with Crippen LogP contribution >= 0.6 is 0 Å². The number of nitriles is 1. The SMILES string of the molecule is N#Cc1ccc(-n2nc(-c3ccc(F)cc3)c3c2NCC3)cc1. The molecule has 0 atom stereocenters. The number of anilines is 1. The van der Waals surface area contributed by atoms with E-state index in [2.05, 4.69) is 11.4 Å². The summed E-state index contributed by atoms with van der Waals surface area (Å²) >= 11 is 0. The molecule has 4 rings (SSSR count). The first-order chi connectivity index (χ1) is 11.3. The maximum Gasteiger partial charge on any atom is 0.133 e. The van der Waals surface area contributed by atoms with Gasteiger partial charge >= 0.3 is 0 Å². The van der Waals surface area contributed by atoms with Crippen molar-refractivity contribution >= 4 is 5.82 Å². The van der Waals surface area contributed by atoms with E-state index in [0.29, 0.717) is 5.56 Å². The Kier molecular flexibility index (Phi) is 3.09. The third-order valence-electron chi connectivity index (χ3n) is 4.01. The summed E-state index contributed by atoms with van der Waals surface area (Å²) in [5, 5.41) is 17.0. The molecule has 3 aromatic rings. The van der Waals surface area contributed by atoms with Crippen LogP contribution in [0.3, 0.4) is 0 Å². The summed E-state index contributed by atoms with van der Waals surface area (Å²) < 4.78 is 15.0. The van der Waals surface area contributed by atoms with Crippen LogP contribution < -0.4 is 5.32 Å². The largest absolute Gasteiger partial charge is 0.369 e. The molecule has 0 spiro atoms. The van der Waals surface area contributed by atoms with E-state index < -0.39 is 0 Å². The first kappa shape index (κ1) is 13.5. The number of nitrogens with one attached hydrogen (secondary N) is 1. The summed E-state index contributed by atoms with van der Waals surface area (Å²) in [5.41, 5.74) is 4.42. The van der Waals surface area contributed by atoms with Crippen LogP contribution in [0.25, 0.3) is 16.9 Å². The number of hydrogen-bond donors (Lipinski definition) is 1. The van der Waals surface area contributed by atoms with Gasteiger partial charge in [0.25, 0.3) is 0 Å². The molecule has 2 heterocycles. The quantitative estimate of drug-likeness (QED) is 0.788. The molecule has 0 amide bonds. The van der Waals surface area contributed by atoms with Crippen LogP contribution in [-0.2, 0) is 6.42 Å². The van der Waals surface area contributed by atoms with E-state index >= 15 is 0 Å². The molecule has 0 fully saturated rings. The predicted molar refractivity (Wildman–Crippen MR) is 85.9 cm³/mol. The maximum absolute atomic E-state index is 13.2. The molecule has 2 aromatic carbocycles. The van der Waals surface area contributed by atoms with Crippen molar-refractivity contribution in [3.8, 4) is 23.0 Å². The monoisotopic (exact) mass is 304 g/mol. The molecule has 5 heteroatoms. The summed E-state index contributed by atoms with van der Waals surface area (Å²) in [6.07, 6.45) is 0.887. The molecule has 0 saturated carbocycles. The van der Waals surface area contributed by atoms with Crippen molar-refractivity contribution < 1.29 is 4.39 Å². The van der Waals surface area contributed by atoms with Crippen LogP contribution in [0.5, 0.6) is 0 Å². The van der Waals surface area contributed by atoms with E-state index in [-0.39, 0.29) is 5.82 Å². The van der Waals surface area contributed by atoms with E-state index in [1.54, 1.807) is 24.3 Å². The molecule has 4 nitrogen and oxygen atoms in total. The standard InChI is InChI=1S/C18H13FN4/c19-14-5-3-13(4-6-14)17-16-9-10-21-18(16)23(22-17)15-7-1-12(11-20)2-8-15/h1-8,21H,9-10H2. The van der Waals surface area contributed by atoms with Crippen molar-refractivity contribution in [2.24, 2.45) is 0 Å². The lowest BCUT2D eigenvalue weighted by atomic mass is 10.1. The first-order valence-corrected chi connectivity index (χ1v) is 7.38. The van der Waals surface area contributed by atoms with E-state index in [1.807, 2.05) is 16.8 Å². The molecule has 112 valence electrons. The third kappa shape index (κ3) is 2.25. The van der Waals surface area contributed by atoms with Gasteiger partial charge in [0.15, 0.2) is 0 Å². The van der Waals surface area contributed by atoms with Gasteiger partial charge in [0.2, 0.25) is 0 Å². The summed E-state index contributed by atoms with van der Waals surface area (Å²) in [6, 6.07) is 15.8. The first-order valence-electron chi connectivity index (χ1n) is 7.38. The number of rotatable bonds is 2. The zero-order chi connectivity index (χ0) is 15.8. The van der Waals surface area contributed by atoms with Gasteiger partial charge in [0.05, 0.1) is 23.0 Å². The molecule has 23 heavy (non-hydrogen) atoms. The minimum atomic E-state index is -0.255. The van der Waals surface area contributed by atoms with E-state index in [4.69, 9.17) is 10.4 Å². The van der Waals surface area contributed by atoms with Gasteiger partial charge in [-0.2, -0.15) is 10.4 Å². The Hall–Kier alpha value is -3.13. The molecule has 1 aliphatic rings. The summed E-state index contributed by atoms with van der Waals surface area (Å²) in [5.74, 6) is 0.712. The summed E-state index contributed by atoms with van der Waals surface area (Å²) in [4.78, 5) is 0. The fourth-order valence-corrected chi connectivity index (χ4v) is 2.88. The lowest BCUT2D eigenvalue weighted by molar-refractivity contribution is 0.628. The average Bonchev–Trinajstić information content (AvgIpc) is 3.18. The van der Waals surface area contributed by atoms with Crippen LogP contribution in [-0.4, -0.2) is 16.3 Å². The maximum atomic E-state index is 13.2. The Morgan fingerprint density at radius 1 is 1.09 bits per heavy atom. The van der Waals surface area contributed by atoms with Crippen molar-refractivity contribution in [2.45, 2.75) is 6.42 Å². The van der Waals surface area contributed by atoms with Crippen LogP contribution in [0.2, 0.25) is 0 Å². The van der Waals surface area contributed by atoms with Crippen molar-refractivity contribution in [3.05, 3.63) is 65.5 Å². The Bertz CT molecular complexity index is 902. The van der Waals surface area contributed by atoms with E-state index in [9.17, 15) is 4.39 Å². The van der Waals surface area contributed by atoms with Crippen LogP contribution in [0, 0.1) is 17.1 Å². The van der Waals surface area contributed by atoms with Gasteiger partial charge in [0, 0.05) is 17.7 Å². The fourth-order valence-electron chi connectivity index (χ4n) is 2.88. The Morgan fingerprint density at radius 2 is 1.83 bits per heavy atom. The second-order valence-corrected chi connectivity index (χ2v) is 5.43. The van der Waals surface area contributed by atoms with Crippen molar-refractivity contribution in [1.82, 2.24) is 9.78 Å². The zero-order valence-electron chi connectivity index (χ0n) is 12.3. The molecule has 0 saturated heterocycles. The van der Waals surface area contributed by atoms with Gasteiger partial charge in [-0.3, -0.25) is 0 Å². The molecular weight excluding hydrogens is 291 g/mol. The van der Waals surface area contributed by atoms with Gasteiger partial charge in [-0.15, -0.1) is 0 Å². The highest BCUT2D eigenvalue weighted by molar-refractivity contribution is 5.72. The van der Waals surface area contributed by atoms with Crippen molar-refractivity contribution in [2.75, 3.05) is 11.9 Å². The van der Waals surface area contributed by atoms with Crippen LogP contribution in [0.15, 0.2) is 48.5 Å². The predicted octanol–water partition coefficient (Wildman–Crippen LogP) is 3.52. The van der Waals surface area contributed by atoms with Gasteiger partial charge < -0.3 is 5.32 Å². The highest BCUT2D eigenvalue weighted by atomic mass is 19.1. The highest BCUT2D eigenvalue weighted by Crippen LogP contribution is 2.34. The van der Waals surface area contributed by atoms with Gasteiger partial charge in [-0.05, 0) is 55.0 Å². The van der Waals surface area contributed by atoms with Crippen molar-refractivity contribution in [3.63, 3.8) is 0 Å². The normalized spacial score (nSPS) is 12.5. The number of nitrogens with zero attached hydrogens (tertiary/aromatic N) is 3. The number of benzene rings is 2. The van der Waals surface area contributed by atoms with Crippen LogP contribution in [0.4, 0.5) is 10.2 Å². The minimum absolute atomic E-state index is 0.255. The molecule has 0 aliphatic carbocycles. The second kappa shape index (κ2) is 5.25. The summed E-state index contributed by atoms with van der Waals surface area (Å²) in [7, 11) is 0. The molecule has 1 N–H and O–H groups in total. The van der Waals surface area contributed by atoms with E-state index in [1.165, 1.54) is 12.1 Å². The number of hydrogen-bond acceptors (Lipinski definition) is 3. The Labute approximate surface area is 132 Å². The smallest absolute Gasteiger partial charge is 0.133 e. The molecule has 0 bridgehead atoms. The molecule has 0 radical (unpaired) electrons. The van der Waals surface area contributed by atoms with Crippen LogP contribution in [0.1, 0.15) is 11.1 Å². The minimum Gasteiger partial charge on any atom is -0.369 e. The molecule has 1 aliphatic heterocycles. The average molecular weight is 304 g/mol. The molecular formula is C18H13FN4. The van der Waals surface area contributed by atoms with Gasteiger partial charge in [-0.25, -0.2) is 9.07 Å².